The van der Waals surface area contributed by atoms with E-state index in [1.807, 2.05) is 30.3 Å². The van der Waals surface area contributed by atoms with Gasteiger partial charge >= 0.3 is 6.18 Å². The second kappa shape index (κ2) is 7.92. The lowest BCUT2D eigenvalue weighted by Crippen LogP contribution is -2.39. The van der Waals surface area contributed by atoms with Crippen molar-refractivity contribution in [3.63, 3.8) is 0 Å². The molecule has 1 aliphatic rings. The number of hydrogen-bond donors (Lipinski definition) is 2. The predicted molar refractivity (Wildman–Crippen MR) is 94.0 cm³/mol. The summed E-state index contributed by atoms with van der Waals surface area (Å²) in [4.78, 5) is 24.8. The highest BCUT2D eigenvalue weighted by atomic mass is 19.4. The zero-order valence-corrected chi connectivity index (χ0v) is 14.4. The second-order valence-corrected chi connectivity index (χ2v) is 6.54. The highest BCUT2D eigenvalue weighted by Gasteiger charge is 2.35. The van der Waals surface area contributed by atoms with Crippen LogP contribution >= 0.6 is 0 Å². The summed E-state index contributed by atoms with van der Waals surface area (Å²) in [6.45, 7) is 0.641. The normalized spacial score (nSPS) is 19.7. The van der Waals surface area contributed by atoms with Gasteiger partial charge in [-0.2, -0.15) is 13.2 Å². The number of carbonyl (C=O) groups excluding carboxylic acids is 2. The maximum absolute atomic E-state index is 12.8. The summed E-state index contributed by atoms with van der Waals surface area (Å²) in [6, 6.07) is 13.3. The Morgan fingerprint density at radius 2 is 1.81 bits per heavy atom. The molecule has 2 unspecified atom stereocenters. The number of alkyl halides is 3. The Morgan fingerprint density at radius 1 is 1.07 bits per heavy atom. The zero-order chi connectivity index (χ0) is 19.4. The number of amides is 1. The molecule has 2 aromatic rings. The summed E-state index contributed by atoms with van der Waals surface area (Å²) in [5.41, 5.74) is 0.124. The molecule has 142 valence electrons. The summed E-state index contributed by atoms with van der Waals surface area (Å²) < 4.78 is 38.5. The van der Waals surface area contributed by atoms with Gasteiger partial charge in [-0.1, -0.05) is 42.5 Å². The van der Waals surface area contributed by atoms with Crippen LogP contribution in [-0.4, -0.2) is 24.3 Å². The Labute approximate surface area is 154 Å². The van der Waals surface area contributed by atoms with Gasteiger partial charge in [0.2, 0.25) is 5.91 Å². The third-order valence-electron chi connectivity index (χ3n) is 4.60. The van der Waals surface area contributed by atoms with E-state index < -0.39 is 23.7 Å². The van der Waals surface area contributed by atoms with E-state index in [1.165, 1.54) is 12.1 Å². The molecule has 1 aliphatic heterocycles. The molecule has 27 heavy (non-hydrogen) atoms. The number of benzene rings is 2. The molecule has 0 bridgehead atoms. The summed E-state index contributed by atoms with van der Waals surface area (Å²) in [6.07, 6.45) is -4.24. The maximum Gasteiger partial charge on any atom is 0.416 e. The van der Waals surface area contributed by atoms with Crippen molar-refractivity contribution in [2.75, 3.05) is 6.54 Å². The Hall–Kier alpha value is -2.67. The predicted octanol–water partition coefficient (Wildman–Crippen LogP) is 3.18. The number of ketones is 1. The molecule has 3 rings (SSSR count). The van der Waals surface area contributed by atoms with Gasteiger partial charge in [0, 0.05) is 24.6 Å². The minimum Gasteiger partial charge on any atom is -0.351 e. The van der Waals surface area contributed by atoms with Crippen LogP contribution < -0.4 is 10.6 Å². The van der Waals surface area contributed by atoms with E-state index in [-0.39, 0.29) is 30.2 Å². The van der Waals surface area contributed by atoms with Gasteiger partial charge in [0.15, 0.2) is 5.78 Å². The second-order valence-electron chi connectivity index (χ2n) is 6.54. The number of hydrogen-bond acceptors (Lipinski definition) is 3. The Bertz CT molecular complexity index is 821. The molecule has 1 amide bonds. The fourth-order valence-electron chi connectivity index (χ4n) is 3.13. The quantitative estimate of drug-likeness (QED) is 0.788. The molecule has 0 aliphatic carbocycles. The highest BCUT2D eigenvalue weighted by molar-refractivity contribution is 5.99. The van der Waals surface area contributed by atoms with E-state index in [2.05, 4.69) is 10.6 Å². The number of nitrogens with one attached hydrogen (secondary N) is 2. The third kappa shape index (κ3) is 4.74. The van der Waals surface area contributed by atoms with Crippen molar-refractivity contribution < 1.29 is 22.8 Å². The standard InChI is InChI=1S/C20H19F3N2O2/c21-20(22,23)16-8-4-7-14(9-16)18(26)15-10-17(24-12-15)19(27)25-11-13-5-2-1-3-6-13/h1-9,15,17,24H,10-12H2,(H,25,27). The van der Waals surface area contributed by atoms with E-state index in [0.717, 1.165) is 17.7 Å². The van der Waals surface area contributed by atoms with Crippen molar-refractivity contribution in [2.24, 2.45) is 5.92 Å². The van der Waals surface area contributed by atoms with Crippen LogP contribution in [0.1, 0.15) is 27.9 Å². The first-order valence-electron chi connectivity index (χ1n) is 8.61. The van der Waals surface area contributed by atoms with Gasteiger partial charge in [0.05, 0.1) is 11.6 Å². The van der Waals surface area contributed by atoms with E-state index in [9.17, 15) is 22.8 Å². The molecule has 7 heteroatoms. The molecule has 1 saturated heterocycles. The average Bonchev–Trinajstić information content (AvgIpc) is 3.16. The fraction of sp³-hybridized carbons (Fsp3) is 0.300. The first kappa shape index (κ1) is 19.1. The molecular weight excluding hydrogens is 357 g/mol. The van der Waals surface area contributed by atoms with Gasteiger partial charge in [-0.15, -0.1) is 0 Å². The summed E-state index contributed by atoms with van der Waals surface area (Å²) in [5, 5.41) is 5.79. The van der Waals surface area contributed by atoms with Gasteiger partial charge in [-0.3, -0.25) is 9.59 Å². The molecule has 0 aromatic heterocycles. The number of halogens is 3. The SMILES string of the molecule is O=C(c1cccc(C(F)(F)F)c1)C1CNC(C(=O)NCc2ccccc2)C1. The van der Waals surface area contributed by atoms with E-state index in [4.69, 9.17) is 0 Å². The van der Waals surface area contributed by atoms with Crippen LogP contribution in [0.2, 0.25) is 0 Å². The monoisotopic (exact) mass is 376 g/mol. The molecule has 4 nitrogen and oxygen atoms in total. The van der Waals surface area contributed by atoms with Gasteiger partial charge < -0.3 is 10.6 Å². The molecule has 2 N–H and O–H groups in total. The average molecular weight is 376 g/mol. The van der Waals surface area contributed by atoms with Crippen molar-refractivity contribution in [3.05, 3.63) is 71.3 Å². The van der Waals surface area contributed by atoms with Crippen molar-refractivity contribution in [2.45, 2.75) is 25.2 Å². The van der Waals surface area contributed by atoms with Crippen LogP contribution in [0.4, 0.5) is 13.2 Å². The highest BCUT2D eigenvalue weighted by Crippen LogP contribution is 2.30. The zero-order valence-electron chi connectivity index (χ0n) is 14.4. The largest absolute Gasteiger partial charge is 0.416 e. The summed E-state index contributed by atoms with van der Waals surface area (Å²) in [7, 11) is 0. The van der Waals surface area contributed by atoms with Crippen LogP contribution in [0.5, 0.6) is 0 Å². The van der Waals surface area contributed by atoms with Crippen LogP contribution in [-0.2, 0) is 17.5 Å². The molecule has 2 atom stereocenters. The van der Waals surface area contributed by atoms with Crippen LogP contribution in [0.15, 0.2) is 54.6 Å². The summed E-state index contributed by atoms with van der Waals surface area (Å²) >= 11 is 0. The minimum atomic E-state index is -4.50. The van der Waals surface area contributed by atoms with Gasteiger partial charge in [0.1, 0.15) is 0 Å². The van der Waals surface area contributed by atoms with E-state index >= 15 is 0 Å². The molecule has 0 spiro atoms. The lowest BCUT2D eigenvalue weighted by Gasteiger charge is -2.12. The minimum absolute atomic E-state index is 0.0157. The van der Waals surface area contributed by atoms with Gasteiger partial charge in [-0.25, -0.2) is 0 Å². The molecule has 2 aromatic carbocycles. The van der Waals surface area contributed by atoms with Gasteiger partial charge in [-0.05, 0) is 24.1 Å². The lowest BCUT2D eigenvalue weighted by molar-refractivity contribution is -0.137. The molecule has 1 heterocycles. The van der Waals surface area contributed by atoms with Crippen molar-refractivity contribution >= 4 is 11.7 Å². The fourth-order valence-corrected chi connectivity index (χ4v) is 3.13. The maximum atomic E-state index is 12.8. The lowest BCUT2D eigenvalue weighted by atomic mass is 9.94. The number of Topliss-reactive ketones (excluding diaryl/α,β-unsaturated/α-hetero) is 1. The Balaban J connectivity index is 1.59. The molecular formula is C20H19F3N2O2. The summed E-state index contributed by atoms with van der Waals surface area (Å²) in [5.74, 6) is -1.13. The van der Waals surface area contributed by atoms with Gasteiger partial charge in [0.25, 0.3) is 0 Å². The topological polar surface area (TPSA) is 58.2 Å². The first-order valence-corrected chi connectivity index (χ1v) is 8.61. The smallest absolute Gasteiger partial charge is 0.351 e. The van der Waals surface area contributed by atoms with Crippen LogP contribution in [0.3, 0.4) is 0 Å². The Morgan fingerprint density at radius 3 is 2.52 bits per heavy atom. The first-order chi connectivity index (χ1) is 12.8. The molecule has 1 fully saturated rings. The van der Waals surface area contributed by atoms with Crippen molar-refractivity contribution in [1.82, 2.24) is 10.6 Å². The Kier molecular flexibility index (Phi) is 5.60. The van der Waals surface area contributed by atoms with E-state index in [1.54, 1.807) is 0 Å². The number of rotatable bonds is 5. The molecule has 0 saturated carbocycles. The molecule has 0 radical (unpaired) electrons. The van der Waals surface area contributed by atoms with Crippen LogP contribution in [0.25, 0.3) is 0 Å². The van der Waals surface area contributed by atoms with E-state index in [0.29, 0.717) is 6.54 Å². The van der Waals surface area contributed by atoms with Crippen molar-refractivity contribution in [1.29, 1.82) is 0 Å². The van der Waals surface area contributed by atoms with Crippen LogP contribution in [0, 0.1) is 5.92 Å². The number of carbonyl (C=O) groups is 2. The van der Waals surface area contributed by atoms with Crippen molar-refractivity contribution in [3.8, 4) is 0 Å². The third-order valence-corrected chi connectivity index (χ3v) is 4.60.